The van der Waals surface area contributed by atoms with E-state index in [1.807, 2.05) is 42.5 Å². The molecule has 4 N–H and O–H groups in total. The monoisotopic (exact) mass is 284 g/mol. The molecule has 0 fully saturated rings. The molecule has 2 atom stereocenters. The van der Waals surface area contributed by atoms with Crippen LogP contribution < -0.4 is 11.1 Å². The maximum atomic E-state index is 8.81. The second-order valence-electron chi connectivity index (χ2n) is 4.93. The van der Waals surface area contributed by atoms with Gasteiger partial charge in [-0.1, -0.05) is 35.5 Å². The number of nitrogens with one attached hydrogen (secondary N) is 1. The summed E-state index contributed by atoms with van der Waals surface area (Å²) in [6.45, 7) is 2.08. The van der Waals surface area contributed by atoms with Crippen LogP contribution in [0.4, 0.5) is 0 Å². The standard InChI is InChI=1S/C16H20N4O/c1-12(13-7-9-18-10-8-13)19-15(11-16(17)20-21)14-5-3-2-4-6-14/h2-10,12,15,19,21H,11H2,1H3,(H2,17,20)/t12-,15?/m0/s1. The lowest BCUT2D eigenvalue weighted by atomic mass is 10.0. The summed E-state index contributed by atoms with van der Waals surface area (Å²) in [7, 11) is 0. The Labute approximate surface area is 124 Å². The largest absolute Gasteiger partial charge is 0.409 e. The summed E-state index contributed by atoms with van der Waals surface area (Å²) >= 11 is 0. The van der Waals surface area contributed by atoms with Crippen molar-refractivity contribution in [1.82, 2.24) is 10.3 Å². The van der Waals surface area contributed by atoms with E-state index in [0.29, 0.717) is 6.42 Å². The molecule has 0 bridgehead atoms. The molecule has 0 saturated carbocycles. The van der Waals surface area contributed by atoms with Crippen molar-refractivity contribution in [3.05, 3.63) is 66.0 Å². The number of nitrogens with zero attached hydrogens (tertiary/aromatic N) is 2. The SMILES string of the molecule is C[C@H](NC(C/C(N)=N/O)c1ccccc1)c1ccncc1. The summed E-state index contributed by atoms with van der Waals surface area (Å²) in [5.74, 6) is 0.207. The topological polar surface area (TPSA) is 83.5 Å². The maximum absolute atomic E-state index is 8.81. The van der Waals surface area contributed by atoms with E-state index in [0.717, 1.165) is 11.1 Å². The summed E-state index contributed by atoms with van der Waals surface area (Å²) in [6.07, 6.45) is 3.99. The van der Waals surface area contributed by atoms with Gasteiger partial charge >= 0.3 is 0 Å². The van der Waals surface area contributed by atoms with Crippen LogP contribution in [0.3, 0.4) is 0 Å². The van der Waals surface area contributed by atoms with Gasteiger partial charge in [-0.15, -0.1) is 0 Å². The fraction of sp³-hybridized carbons (Fsp3) is 0.250. The lowest BCUT2D eigenvalue weighted by Crippen LogP contribution is -2.29. The second-order valence-corrected chi connectivity index (χ2v) is 4.93. The van der Waals surface area contributed by atoms with Gasteiger partial charge in [0.2, 0.25) is 0 Å². The minimum absolute atomic E-state index is 0.0229. The van der Waals surface area contributed by atoms with Crippen LogP contribution in [0.2, 0.25) is 0 Å². The van der Waals surface area contributed by atoms with Crippen LogP contribution in [-0.4, -0.2) is 16.0 Å². The predicted molar refractivity (Wildman–Crippen MR) is 83.0 cm³/mol. The van der Waals surface area contributed by atoms with E-state index in [9.17, 15) is 0 Å². The minimum Gasteiger partial charge on any atom is -0.409 e. The van der Waals surface area contributed by atoms with E-state index in [4.69, 9.17) is 10.9 Å². The molecule has 21 heavy (non-hydrogen) atoms. The Kier molecular flexibility index (Phi) is 5.29. The minimum atomic E-state index is -0.0229. The first kappa shape index (κ1) is 15.0. The molecule has 0 amide bonds. The van der Waals surface area contributed by atoms with Crippen molar-refractivity contribution in [2.24, 2.45) is 10.9 Å². The van der Waals surface area contributed by atoms with Crippen molar-refractivity contribution >= 4 is 5.84 Å². The Morgan fingerprint density at radius 3 is 2.48 bits per heavy atom. The van der Waals surface area contributed by atoms with Crippen LogP contribution in [0.15, 0.2) is 60.0 Å². The predicted octanol–water partition coefficient (Wildman–Crippen LogP) is 2.61. The molecule has 0 aliphatic heterocycles. The molecule has 1 aromatic heterocycles. The highest BCUT2D eigenvalue weighted by atomic mass is 16.4. The first-order chi connectivity index (χ1) is 10.2. The van der Waals surface area contributed by atoms with Crippen LogP contribution in [0.1, 0.15) is 36.6 Å². The molecule has 0 aliphatic carbocycles. The van der Waals surface area contributed by atoms with Crippen molar-refractivity contribution in [2.75, 3.05) is 0 Å². The molecule has 110 valence electrons. The molecular formula is C16H20N4O. The van der Waals surface area contributed by atoms with Crippen LogP contribution in [0, 0.1) is 0 Å². The van der Waals surface area contributed by atoms with Gasteiger partial charge in [-0.05, 0) is 30.2 Å². The normalized spacial score (nSPS) is 14.6. The van der Waals surface area contributed by atoms with Gasteiger partial charge in [-0.2, -0.15) is 0 Å². The van der Waals surface area contributed by atoms with Crippen molar-refractivity contribution in [1.29, 1.82) is 0 Å². The van der Waals surface area contributed by atoms with Gasteiger partial charge in [0.1, 0.15) is 5.84 Å². The summed E-state index contributed by atoms with van der Waals surface area (Å²) in [6, 6.07) is 14.0. The summed E-state index contributed by atoms with van der Waals surface area (Å²) in [5.41, 5.74) is 7.92. The van der Waals surface area contributed by atoms with Gasteiger partial charge in [-0.3, -0.25) is 4.98 Å². The second kappa shape index (κ2) is 7.40. The first-order valence-electron chi connectivity index (χ1n) is 6.88. The fourth-order valence-corrected chi connectivity index (χ4v) is 2.26. The lowest BCUT2D eigenvalue weighted by molar-refractivity contribution is 0.315. The van der Waals surface area contributed by atoms with E-state index in [-0.39, 0.29) is 17.9 Å². The van der Waals surface area contributed by atoms with E-state index in [2.05, 4.69) is 22.4 Å². The number of aromatic nitrogens is 1. The molecule has 0 saturated heterocycles. The van der Waals surface area contributed by atoms with Crippen molar-refractivity contribution in [3.8, 4) is 0 Å². The third-order valence-electron chi connectivity index (χ3n) is 3.40. The maximum Gasteiger partial charge on any atom is 0.141 e. The zero-order valence-corrected chi connectivity index (χ0v) is 12.0. The van der Waals surface area contributed by atoms with Gasteiger partial charge < -0.3 is 16.3 Å². The van der Waals surface area contributed by atoms with E-state index in [1.54, 1.807) is 12.4 Å². The van der Waals surface area contributed by atoms with Gasteiger partial charge in [0.25, 0.3) is 0 Å². The molecule has 0 aliphatic rings. The van der Waals surface area contributed by atoms with Crippen molar-refractivity contribution in [3.63, 3.8) is 0 Å². The Hall–Kier alpha value is -2.40. The highest BCUT2D eigenvalue weighted by Gasteiger charge is 2.17. The van der Waals surface area contributed by atoms with E-state index < -0.39 is 0 Å². The number of benzene rings is 1. The molecular weight excluding hydrogens is 264 g/mol. The third-order valence-corrected chi connectivity index (χ3v) is 3.40. The average Bonchev–Trinajstić information content (AvgIpc) is 2.55. The summed E-state index contributed by atoms with van der Waals surface area (Å²) < 4.78 is 0. The van der Waals surface area contributed by atoms with Crippen LogP contribution >= 0.6 is 0 Å². The zero-order valence-electron chi connectivity index (χ0n) is 12.0. The number of pyridine rings is 1. The van der Waals surface area contributed by atoms with Crippen LogP contribution in [-0.2, 0) is 0 Å². The molecule has 1 heterocycles. The van der Waals surface area contributed by atoms with Gasteiger partial charge in [0.05, 0.1) is 0 Å². The molecule has 2 rings (SSSR count). The lowest BCUT2D eigenvalue weighted by Gasteiger charge is -2.23. The fourth-order valence-electron chi connectivity index (χ4n) is 2.26. The number of amidine groups is 1. The molecule has 2 aromatic rings. The van der Waals surface area contributed by atoms with Crippen LogP contribution in [0.25, 0.3) is 0 Å². The molecule has 0 radical (unpaired) electrons. The van der Waals surface area contributed by atoms with Crippen LogP contribution in [0.5, 0.6) is 0 Å². The highest BCUT2D eigenvalue weighted by Crippen LogP contribution is 2.22. The number of hydrogen-bond donors (Lipinski definition) is 3. The quantitative estimate of drug-likeness (QED) is 0.329. The van der Waals surface area contributed by atoms with Gasteiger partial charge in [-0.25, -0.2) is 0 Å². The molecule has 5 heteroatoms. The van der Waals surface area contributed by atoms with Crippen molar-refractivity contribution in [2.45, 2.75) is 25.4 Å². The Balaban J connectivity index is 2.16. The highest BCUT2D eigenvalue weighted by molar-refractivity contribution is 5.80. The number of rotatable bonds is 6. The Morgan fingerprint density at radius 1 is 1.19 bits per heavy atom. The Morgan fingerprint density at radius 2 is 1.86 bits per heavy atom. The average molecular weight is 284 g/mol. The third kappa shape index (κ3) is 4.29. The van der Waals surface area contributed by atoms with Gasteiger partial charge in [0.15, 0.2) is 0 Å². The number of nitrogens with two attached hydrogens (primary N) is 1. The molecule has 0 spiro atoms. The molecule has 1 aromatic carbocycles. The molecule has 1 unspecified atom stereocenters. The summed E-state index contributed by atoms with van der Waals surface area (Å²) in [5, 5.41) is 15.4. The van der Waals surface area contributed by atoms with E-state index in [1.165, 1.54) is 0 Å². The van der Waals surface area contributed by atoms with E-state index >= 15 is 0 Å². The molecule has 5 nitrogen and oxygen atoms in total. The van der Waals surface area contributed by atoms with Crippen molar-refractivity contribution < 1.29 is 5.21 Å². The summed E-state index contributed by atoms with van der Waals surface area (Å²) in [4.78, 5) is 4.03. The number of oxime groups is 1. The Bertz CT molecular complexity index is 571. The number of hydrogen-bond acceptors (Lipinski definition) is 4. The zero-order chi connectivity index (χ0) is 15.1. The van der Waals surface area contributed by atoms with Gasteiger partial charge in [0, 0.05) is 30.9 Å². The smallest absolute Gasteiger partial charge is 0.141 e. The first-order valence-corrected chi connectivity index (χ1v) is 6.88.